The summed E-state index contributed by atoms with van der Waals surface area (Å²) in [7, 11) is 0. The highest BCUT2D eigenvalue weighted by atomic mass is 16.5. The molecule has 0 bridgehead atoms. The number of aliphatic hydroxyl groups excluding tert-OH is 1. The Morgan fingerprint density at radius 2 is 1.84 bits per heavy atom. The third kappa shape index (κ3) is 9.26. The van der Waals surface area contributed by atoms with Gasteiger partial charge in [-0.1, -0.05) is 13.3 Å². The minimum atomic E-state index is 0.216. The second-order valence-corrected chi connectivity index (χ2v) is 7.25. The maximum Gasteiger partial charge on any atom is 0.219 e. The van der Waals surface area contributed by atoms with Gasteiger partial charge in [0.15, 0.2) is 5.96 Å². The lowest BCUT2D eigenvalue weighted by molar-refractivity contribution is 0.251. The first-order chi connectivity index (χ1) is 15.2. The van der Waals surface area contributed by atoms with Crippen molar-refractivity contribution in [2.75, 3.05) is 26.3 Å². The number of nitrogens with one attached hydrogen (secondary N) is 2. The number of aliphatic hydroxyl groups is 1. The van der Waals surface area contributed by atoms with E-state index in [4.69, 9.17) is 9.47 Å². The maximum atomic E-state index is 9.26. The topological polar surface area (TPSA) is 88.0 Å². The average molecular weight is 429 g/mol. The van der Waals surface area contributed by atoms with Crippen LogP contribution in [0.15, 0.2) is 47.6 Å². The van der Waals surface area contributed by atoms with E-state index in [1.165, 1.54) is 0 Å². The SMILES string of the molecule is CCCC(CCO)CNC(=NCc1ccnc(Oc2ccc(OCC)cc2)c1)NCC. The van der Waals surface area contributed by atoms with Crippen molar-refractivity contribution in [2.45, 2.75) is 46.6 Å². The van der Waals surface area contributed by atoms with E-state index in [1.54, 1.807) is 6.20 Å². The second kappa shape index (κ2) is 14.2. The first-order valence-corrected chi connectivity index (χ1v) is 11.2. The minimum Gasteiger partial charge on any atom is -0.494 e. The van der Waals surface area contributed by atoms with Gasteiger partial charge in [-0.2, -0.15) is 0 Å². The van der Waals surface area contributed by atoms with E-state index < -0.39 is 0 Å². The summed E-state index contributed by atoms with van der Waals surface area (Å²) in [6.07, 6.45) is 4.72. The first kappa shape index (κ1) is 24.5. The van der Waals surface area contributed by atoms with Crippen LogP contribution in [0.25, 0.3) is 0 Å². The number of aliphatic imine (C=N–C) groups is 1. The molecule has 0 amide bonds. The van der Waals surface area contributed by atoms with Gasteiger partial charge in [0.1, 0.15) is 11.5 Å². The van der Waals surface area contributed by atoms with Gasteiger partial charge in [-0.15, -0.1) is 0 Å². The molecule has 1 unspecified atom stereocenters. The summed E-state index contributed by atoms with van der Waals surface area (Å²) in [5.41, 5.74) is 1.01. The van der Waals surface area contributed by atoms with Gasteiger partial charge in [0, 0.05) is 32.0 Å². The van der Waals surface area contributed by atoms with Gasteiger partial charge in [0.25, 0.3) is 0 Å². The lowest BCUT2D eigenvalue weighted by Crippen LogP contribution is -2.40. The minimum absolute atomic E-state index is 0.216. The molecule has 0 radical (unpaired) electrons. The van der Waals surface area contributed by atoms with Crippen LogP contribution in [0.4, 0.5) is 0 Å². The van der Waals surface area contributed by atoms with Crippen molar-refractivity contribution >= 4 is 5.96 Å². The van der Waals surface area contributed by atoms with Gasteiger partial charge < -0.3 is 25.2 Å². The fourth-order valence-electron chi connectivity index (χ4n) is 3.19. The third-order valence-electron chi connectivity index (χ3n) is 4.71. The van der Waals surface area contributed by atoms with E-state index in [2.05, 4.69) is 27.5 Å². The molecule has 2 aromatic rings. The highest BCUT2D eigenvalue weighted by Gasteiger charge is 2.08. The Hall–Kier alpha value is -2.80. The zero-order chi connectivity index (χ0) is 22.3. The molecule has 0 aliphatic carbocycles. The molecule has 7 nitrogen and oxygen atoms in total. The predicted octanol–water partition coefficient (Wildman–Crippen LogP) is 4.13. The van der Waals surface area contributed by atoms with Gasteiger partial charge in [-0.25, -0.2) is 9.98 Å². The number of pyridine rings is 1. The number of rotatable bonds is 13. The van der Waals surface area contributed by atoms with Crippen molar-refractivity contribution in [1.29, 1.82) is 0 Å². The predicted molar refractivity (Wildman–Crippen MR) is 125 cm³/mol. The molecule has 1 aromatic heterocycles. The fraction of sp³-hybridized carbons (Fsp3) is 0.500. The molecule has 0 saturated heterocycles. The van der Waals surface area contributed by atoms with Crippen LogP contribution in [0, 0.1) is 5.92 Å². The molecule has 31 heavy (non-hydrogen) atoms. The van der Waals surface area contributed by atoms with Crippen LogP contribution in [0.2, 0.25) is 0 Å². The molecular weight excluding hydrogens is 392 g/mol. The number of aromatic nitrogens is 1. The summed E-state index contributed by atoms with van der Waals surface area (Å²) in [5.74, 6) is 3.26. The zero-order valence-electron chi connectivity index (χ0n) is 18.9. The van der Waals surface area contributed by atoms with Crippen LogP contribution in [0.1, 0.15) is 45.6 Å². The van der Waals surface area contributed by atoms with Gasteiger partial charge in [-0.3, -0.25) is 0 Å². The van der Waals surface area contributed by atoms with E-state index in [0.717, 1.165) is 49.6 Å². The molecule has 3 N–H and O–H groups in total. The molecule has 1 aromatic carbocycles. The first-order valence-electron chi connectivity index (χ1n) is 11.2. The summed E-state index contributed by atoms with van der Waals surface area (Å²) in [6, 6.07) is 11.3. The molecular formula is C24H36N4O3. The van der Waals surface area contributed by atoms with Crippen LogP contribution >= 0.6 is 0 Å². The van der Waals surface area contributed by atoms with E-state index in [1.807, 2.05) is 50.2 Å². The van der Waals surface area contributed by atoms with Gasteiger partial charge >= 0.3 is 0 Å². The molecule has 0 aliphatic rings. The number of ether oxygens (including phenoxy) is 2. The van der Waals surface area contributed by atoms with Crippen molar-refractivity contribution in [2.24, 2.45) is 10.9 Å². The highest BCUT2D eigenvalue weighted by Crippen LogP contribution is 2.23. The highest BCUT2D eigenvalue weighted by molar-refractivity contribution is 5.79. The number of hydrogen-bond acceptors (Lipinski definition) is 5. The number of benzene rings is 1. The molecule has 0 spiro atoms. The normalized spacial score (nSPS) is 12.3. The Morgan fingerprint density at radius 1 is 1.06 bits per heavy atom. The quantitative estimate of drug-likeness (QED) is 0.328. The number of guanidine groups is 1. The average Bonchev–Trinajstić information content (AvgIpc) is 2.78. The standard InChI is InChI=1S/C24H36N4O3/c1-4-7-19(13-15-29)17-27-24(25-5-2)28-18-20-12-14-26-23(16-20)31-22-10-8-21(9-11-22)30-6-3/h8-12,14,16,19,29H,4-7,13,15,17-18H2,1-3H3,(H2,25,27,28). The molecule has 0 fully saturated rings. The Kier molecular flexibility index (Phi) is 11.2. The Morgan fingerprint density at radius 3 is 2.52 bits per heavy atom. The lowest BCUT2D eigenvalue weighted by Gasteiger charge is -2.18. The van der Waals surface area contributed by atoms with Crippen LogP contribution in [0.3, 0.4) is 0 Å². The van der Waals surface area contributed by atoms with E-state index in [9.17, 15) is 5.11 Å². The lowest BCUT2D eigenvalue weighted by atomic mass is 10.0. The van der Waals surface area contributed by atoms with Crippen LogP contribution in [-0.2, 0) is 6.54 Å². The van der Waals surface area contributed by atoms with E-state index in [0.29, 0.717) is 30.7 Å². The Balaban J connectivity index is 1.97. The van der Waals surface area contributed by atoms with Crippen molar-refractivity contribution in [1.82, 2.24) is 15.6 Å². The molecule has 170 valence electrons. The molecule has 0 aliphatic heterocycles. The van der Waals surface area contributed by atoms with Crippen molar-refractivity contribution in [3.05, 3.63) is 48.2 Å². The summed E-state index contributed by atoms with van der Waals surface area (Å²) >= 11 is 0. The van der Waals surface area contributed by atoms with Crippen molar-refractivity contribution in [3.8, 4) is 17.4 Å². The summed E-state index contributed by atoms with van der Waals surface area (Å²) < 4.78 is 11.3. The zero-order valence-corrected chi connectivity index (χ0v) is 18.9. The van der Waals surface area contributed by atoms with Crippen LogP contribution < -0.4 is 20.1 Å². The Labute approximate surface area is 185 Å². The molecule has 7 heteroatoms. The summed E-state index contributed by atoms with van der Waals surface area (Å²) in [6.45, 7) is 9.11. The number of hydrogen-bond donors (Lipinski definition) is 3. The smallest absolute Gasteiger partial charge is 0.219 e. The maximum absolute atomic E-state index is 9.26. The molecule has 2 rings (SSSR count). The third-order valence-corrected chi connectivity index (χ3v) is 4.71. The summed E-state index contributed by atoms with van der Waals surface area (Å²) in [5, 5.41) is 15.9. The number of nitrogens with zero attached hydrogens (tertiary/aromatic N) is 2. The monoisotopic (exact) mass is 428 g/mol. The van der Waals surface area contributed by atoms with Crippen LogP contribution in [0.5, 0.6) is 17.4 Å². The molecule has 1 atom stereocenters. The van der Waals surface area contributed by atoms with Gasteiger partial charge in [-0.05, 0) is 68.5 Å². The van der Waals surface area contributed by atoms with Gasteiger partial charge in [0.05, 0.1) is 13.2 Å². The van der Waals surface area contributed by atoms with Crippen LogP contribution in [-0.4, -0.2) is 42.4 Å². The largest absolute Gasteiger partial charge is 0.494 e. The Bertz CT molecular complexity index is 775. The van der Waals surface area contributed by atoms with Crippen molar-refractivity contribution in [3.63, 3.8) is 0 Å². The fourth-order valence-corrected chi connectivity index (χ4v) is 3.19. The van der Waals surface area contributed by atoms with E-state index in [-0.39, 0.29) is 6.61 Å². The van der Waals surface area contributed by atoms with E-state index >= 15 is 0 Å². The summed E-state index contributed by atoms with van der Waals surface area (Å²) in [4.78, 5) is 8.99. The molecule has 0 saturated carbocycles. The molecule has 1 heterocycles. The second-order valence-electron chi connectivity index (χ2n) is 7.25. The van der Waals surface area contributed by atoms with Gasteiger partial charge in [0.2, 0.25) is 5.88 Å². The van der Waals surface area contributed by atoms with Crippen molar-refractivity contribution < 1.29 is 14.6 Å².